The van der Waals surface area contributed by atoms with E-state index in [9.17, 15) is 17.6 Å². The predicted octanol–water partition coefficient (Wildman–Crippen LogP) is 4.53. The van der Waals surface area contributed by atoms with E-state index < -0.39 is 21.7 Å². The lowest BCUT2D eigenvalue weighted by molar-refractivity contribution is 0.0952. The van der Waals surface area contributed by atoms with Crippen LogP contribution in [0, 0.1) is 5.82 Å². The van der Waals surface area contributed by atoms with Gasteiger partial charge in [-0.1, -0.05) is 41.9 Å². The highest BCUT2D eigenvalue weighted by atomic mass is 35.5. The predicted molar refractivity (Wildman–Crippen MR) is 128 cm³/mol. The lowest BCUT2D eigenvalue weighted by Gasteiger charge is -2.17. The summed E-state index contributed by atoms with van der Waals surface area (Å²) in [6.45, 7) is 2.00. The maximum Gasteiger partial charge on any atom is 0.261 e. The van der Waals surface area contributed by atoms with E-state index in [-0.39, 0.29) is 21.2 Å². The van der Waals surface area contributed by atoms with Crippen molar-refractivity contribution in [2.75, 3.05) is 24.9 Å². The van der Waals surface area contributed by atoms with Gasteiger partial charge in [-0.3, -0.25) is 9.52 Å². The smallest absolute Gasteiger partial charge is 0.261 e. The molecule has 0 unspecified atom stereocenters. The first-order valence-corrected chi connectivity index (χ1v) is 12.2. The molecular weight excluding hydrogens is 465 g/mol. The first-order valence-electron chi connectivity index (χ1n) is 10.3. The molecule has 0 aliphatic rings. The summed E-state index contributed by atoms with van der Waals surface area (Å²) in [5, 5.41) is 2.93. The summed E-state index contributed by atoms with van der Waals surface area (Å²) in [4.78, 5) is 14.6. The number of benzene rings is 3. The van der Waals surface area contributed by atoms with Crippen molar-refractivity contribution < 1.29 is 17.6 Å². The molecule has 3 aromatic rings. The molecule has 1 amide bonds. The number of hydrogen-bond donors (Lipinski definition) is 2. The van der Waals surface area contributed by atoms with Crippen LogP contribution in [0.5, 0.6) is 0 Å². The maximum atomic E-state index is 13.1. The number of nitrogens with one attached hydrogen (secondary N) is 2. The minimum Gasteiger partial charge on any atom is -0.352 e. The Bertz CT molecular complexity index is 1190. The number of rotatable bonds is 10. The molecule has 0 saturated heterocycles. The molecule has 0 radical (unpaired) electrons. The Labute approximate surface area is 198 Å². The molecule has 3 rings (SSSR count). The van der Waals surface area contributed by atoms with E-state index in [1.54, 1.807) is 0 Å². The molecule has 0 saturated carbocycles. The molecule has 174 valence electrons. The van der Waals surface area contributed by atoms with Crippen LogP contribution >= 0.6 is 11.6 Å². The summed E-state index contributed by atoms with van der Waals surface area (Å²) < 4.78 is 40.8. The molecule has 0 aliphatic carbocycles. The molecule has 2 N–H and O–H groups in total. The Morgan fingerprint density at radius 1 is 1.03 bits per heavy atom. The minimum atomic E-state index is -3.98. The number of carbonyl (C=O) groups excluding carboxylic acids is 1. The Kier molecular flexibility index (Phi) is 8.43. The van der Waals surface area contributed by atoms with Gasteiger partial charge in [0.1, 0.15) is 5.82 Å². The van der Waals surface area contributed by atoms with Crippen LogP contribution in [0.25, 0.3) is 0 Å². The zero-order valence-corrected chi connectivity index (χ0v) is 19.7. The van der Waals surface area contributed by atoms with Crippen LogP contribution in [0.2, 0.25) is 5.02 Å². The van der Waals surface area contributed by atoms with Gasteiger partial charge in [0.15, 0.2) is 0 Å². The van der Waals surface area contributed by atoms with Gasteiger partial charge in [0.05, 0.1) is 15.5 Å². The number of sulfonamides is 1. The average Bonchev–Trinajstić information content (AvgIpc) is 2.79. The first kappa shape index (κ1) is 24.7. The van der Waals surface area contributed by atoms with Crippen molar-refractivity contribution in [1.82, 2.24) is 10.2 Å². The van der Waals surface area contributed by atoms with Crippen LogP contribution in [0.1, 0.15) is 22.3 Å². The number of nitrogens with zero attached hydrogens (tertiary/aromatic N) is 1. The van der Waals surface area contributed by atoms with Crippen molar-refractivity contribution in [3.8, 4) is 0 Å². The zero-order chi connectivity index (χ0) is 23.8. The van der Waals surface area contributed by atoms with Gasteiger partial charge in [-0.2, -0.15) is 0 Å². The molecule has 9 heteroatoms. The van der Waals surface area contributed by atoms with E-state index in [1.807, 2.05) is 25.2 Å². The fourth-order valence-corrected chi connectivity index (χ4v) is 4.49. The Morgan fingerprint density at radius 2 is 1.73 bits per heavy atom. The highest BCUT2D eigenvalue weighted by Crippen LogP contribution is 2.23. The number of carbonyl (C=O) groups is 1. The van der Waals surface area contributed by atoms with E-state index in [0.29, 0.717) is 6.54 Å². The fraction of sp³-hybridized carbons (Fsp3) is 0.208. The lowest BCUT2D eigenvalue weighted by atomic mass is 10.2. The topological polar surface area (TPSA) is 78.5 Å². The van der Waals surface area contributed by atoms with Crippen molar-refractivity contribution in [1.29, 1.82) is 0 Å². The third-order valence-corrected chi connectivity index (χ3v) is 6.60. The number of hydrogen-bond acceptors (Lipinski definition) is 4. The Hall–Kier alpha value is -2.94. The highest BCUT2D eigenvalue weighted by molar-refractivity contribution is 7.92. The fourth-order valence-electron chi connectivity index (χ4n) is 3.20. The maximum absolute atomic E-state index is 13.1. The Morgan fingerprint density at radius 3 is 2.42 bits per heavy atom. The second kappa shape index (κ2) is 11.3. The largest absolute Gasteiger partial charge is 0.352 e. The van der Waals surface area contributed by atoms with E-state index in [4.69, 9.17) is 11.6 Å². The number of amides is 1. The summed E-state index contributed by atoms with van der Waals surface area (Å²) in [6, 6.07) is 18.9. The zero-order valence-electron chi connectivity index (χ0n) is 18.1. The third kappa shape index (κ3) is 7.28. The number of halogens is 2. The molecule has 6 nitrogen and oxygen atoms in total. The lowest BCUT2D eigenvalue weighted by Crippen LogP contribution is -2.28. The van der Waals surface area contributed by atoms with E-state index >= 15 is 0 Å². The third-order valence-electron chi connectivity index (χ3n) is 4.89. The summed E-state index contributed by atoms with van der Waals surface area (Å²) in [7, 11) is -1.97. The van der Waals surface area contributed by atoms with Gasteiger partial charge in [-0.05, 0) is 68.0 Å². The standard InChI is InChI=1S/C24H25ClFN3O3S/c1-29(17-18-6-3-2-4-7-18)15-5-14-27-24(30)22-16-21(12-13-23(22)25)33(31,32)28-20-10-8-19(26)9-11-20/h2-4,6-13,16,28H,5,14-15,17H2,1H3,(H,27,30). The summed E-state index contributed by atoms with van der Waals surface area (Å²) >= 11 is 6.15. The Balaban J connectivity index is 1.57. The van der Waals surface area contributed by atoms with Crippen molar-refractivity contribution in [2.24, 2.45) is 0 Å². The van der Waals surface area contributed by atoms with Gasteiger partial charge in [-0.15, -0.1) is 0 Å². The first-order chi connectivity index (χ1) is 15.7. The van der Waals surface area contributed by atoms with Gasteiger partial charge >= 0.3 is 0 Å². The second-order valence-electron chi connectivity index (χ2n) is 7.59. The molecule has 0 fully saturated rings. The molecule has 0 aromatic heterocycles. The molecule has 33 heavy (non-hydrogen) atoms. The van der Waals surface area contributed by atoms with Crippen LogP contribution in [-0.4, -0.2) is 39.4 Å². The number of anilines is 1. The quantitative estimate of drug-likeness (QED) is 0.410. The van der Waals surface area contributed by atoms with Gasteiger partial charge in [0, 0.05) is 18.8 Å². The average molecular weight is 490 g/mol. The normalized spacial score (nSPS) is 11.4. The van der Waals surface area contributed by atoms with Crippen molar-refractivity contribution in [3.05, 3.63) is 94.8 Å². The molecule has 3 aromatic carbocycles. The van der Waals surface area contributed by atoms with Gasteiger partial charge in [-0.25, -0.2) is 12.8 Å². The molecule has 0 aliphatic heterocycles. The van der Waals surface area contributed by atoms with E-state index in [2.05, 4.69) is 27.1 Å². The van der Waals surface area contributed by atoms with Gasteiger partial charge < -0.3 is 10.2 Å². The van der Waals surface area contributed by atoms with Crippen molar-refractivity contribution in [2.45, 2.75) is 17.9 Å². The van der Waals surface area contributed by atoms with Crippen LogP contribution in [-0.2, 0) is 16.6 Å². The van der Waals surface area contributed by atoms with Crippen LogP contribution in [0.3, 0.4) is 0 Å². The van der Waals surface area contributed by atoms with Crippen LogP contribution in [0.15, 0.2) is 77.7 Å². The molecular formula is C24H25ClFN3O3S. The molecule has 0 atom stereocenters. The van der Waals surface area contributed by atoms with Gasteiger partial charge in [0.2, 0.25) is 0 Å². The molecule has 0 bridgehead atoms. The summed E-state index contributed by atoms with van der Waals surface area (Å²) in [5.41, 5.74) is 1.48. The van der Waals surface area contributed by atoms with E-state index in [1.165, 1.54) is 35.9 Å². The minimum absolute atomic E-state index is 0.0660. The monoisotopic (exact) mass is 489 g/mol. The second-order valence-corrected chi connectivity index (χ2v) is 9.68. The SMILES string of the molecule is CN(CCCNC(=O)c1cc(S(=O)(=O)Nc2ccc(F)cc2)ccc1Cl)Cc1ccccc1. The highest BCUT2D eigenvalue weighted by Gasteiger charge is 2.19. The molecule has 0 heterocycles. The van der Waals surface area contributed by atoms with Gasteiger partial charge in [0.25, 0.3) is 15.9 Å². The summed E-state index contributed by atoms with van der Waals surface area (Å²) in [6.07, 6.45) is 0.719. The summed E-state index contributed by atoms with van der Waals surface area (Å²) in [5.74, 6) is -0.931. The van der Waals surface area contributed by atoms with E-state index in [0.717, 1.165) is 31.6 Å². The van der Waals surface area contributed by atoms with Crippen molar-refractivity contribution >= 4 is 33.2 Å². The molecule has 0 spiro atoms. The van der Waals surface area contributed by atoms with Crippen LogP contribution in [0.4, 0.5) is 10.1 Å². The van der Waals surface area contributed by atoms with Crippen molar-refractivity contribution in [3.63, 3.8) is 0 Å². The van der Waals surface area contributed by atoms with Crippen LogP contribution < -0.4 is 10.0 Å².